The molecule has 0 spiro atoms. The lowest BCUT2D eigenvalue weighted by Crippen LogP contribution is -2.12. The van der Waals surface area contributed by atoms with Crippen LogP contribution in [0.4, 0.5) is 0 Å². The molecule has 28 heavy (non-hydrogen) atoms. The number of halogens is 1. The minimum Gasteiger partial charge on any atom is -0.504 e. The minimum atomic E-state index is -0.169. The summed E-state index contributed by atoms with van der Waals surface area (Å²) in [5.74, 6) is 1.22. The highest BCUT2D eigenvalue weighted by atomic mass is 35.5. The second kappa shape index (κ2) is 8.37. The first-order valence-electron chi connectivity index (χ1n) is 9.10. The third kappa shape index (κ3) is 4.08. The zero-order chi connectivity index (χ0) is 20.4. The van der Waals surface area contributed by atoms with E-state index in [1.807, 2.05) is 6.92 Å². The van der Waals surface area contributed by atoms with Gasteiger partial charge < -0.3 is 14.8 Å². The molecule has 0 unspecified atom stereocenters. The average molecular weight is 419 g/mol. The molecule has 1 atom stereocenters. The Labute approximate surface area is 172 Å². The fourth-order valence-corrected chi connectivity index (χ4v) is 4.29. The van der Waals surface area contributed by atoms with Crippen LogP contribution in [0.1, 0.15) is 42.1 Å². The molecule has 5 nitrogen and oxygen atoms in total. The van der Waals surface area contributed by atoms with E-state index >= 15 is 0 Å². The van der Waals surface area contributed by atoms with Crippen molar-refractivity contribution in [3.63, 3.8) is 0 Å². The summed E-state index contributed by atoms with van der Waals surface area (Å²) >= 11 is 7.95. The van der Waals surface area contributed by atoms with Gasteiger partial charge in [0, 0.05) is 4.88 Å². The smallest absolute Gasteiger partial charge is 0.260 e. The number of H-pyrrole nitrogens is 1. The third-order valence-corrected chi connectivity index (χ3v) is 6.17. The number of phenolic OH excluding ortho intramolecular Hbond substituents is 1. The summed E-state index contributed by atoms with van der Waals surface area (Å²) in [5, 5.41) is 10.7. The highest BCUT2D eigenvalue weighted by Gasteiger charge is 2.17. The average Bonchev–Trinajstić information content (AvgIpc) is 2.98. The Hall–Kier alpha value is -2.31. The van der Waals surface area contributed by atoms with Crippen molar-refractivity contribution in [2.24, 2.45) is 5.92 Å². The first-order chi connectivity index (χ1) is 13.3. The Morgan fingerprint density at radius 3 is 2.89 bits per heavy atom. The number of hydrogen-bond acceptors (Lipinski definition) is 5. The quantitative estimate of drug-likeness (QED) is 0.567. The Morgan fingerprint density at radius 1 is 1.46 bits per heavy atom. The van der Waals surface area contributed by atoms with Gasteiger partial charge in [0.05, 0.1) is 17.5 Å². The maximum atomic E-state index is 12.8. The molecule has 0 bridgehead atoms. The van der Waals surface area contributed by atoms with Gasteiger partial charge in [-0.3, -0.25) is 4.79 Å². The van der Waals surface area contributed by atoms with E-state index in [1.165, 1.54) is 24.5 Å². The summed E-state index contributed by atoms with van der Waals surface area (Å²) < 4.78 is 5.11. The van der Waals surface area contributed by atoms with Crippen molar-refractivity contribution in [1.82, 2.24) is 9.97 Å². The van der Waals surface area contributed by atoms with Gasteiger partial charge in [-0.2, -0.15) is 0 Å². The number of benzene rings is 1. The van der Waals surface area contributed by atoms with Gasteiger partial charge in [-0.15, -0.1) is 11.3 Å². The van der Waals surface area contributed by atoms with Crippen molar-refractivity contribution in [3.05, 3.63) is 50.4 Å². The lowest BCUT2D eigenvalue weighted by atomic mass is 9.98. The van der Waals surface area contributed by atoms with Crippen LogP contribution in [0.3, 0.4) is 0 Å². The van der Waals surface area contributed by atoms with Crippen LogP contribution < -0.4 is 10.3 Å². The van der Waals surface area contributed by atoms with Gasteiger partial charge >= 0.3 is 0 Å². The summed E-state index contributed by atoms with van der Waals surface area (Å²) in [6, 6.07) is 4.89. The Morgan fingerprint density at radius 2 is 2.21 bits per heavy atom. The first-order valence-corrected chi connectivity index (χ1v) is 10.3. The minimum absolute atomic E-state index is 0.0478. The van der Waals surface area contributed by atoms with Gasteiger partial charge in [-0.25, -0.2) is 4.98 Å². The van der Waals surface area contributed by atoms with Crippen molar-refractivity contribution in [3.8, 4) is 11.5 Å². The number of nitrogens with zero attached hydrogens (tertiary/aromatic N) is 1. The standard InChI is InChI=1S/C21H23ClN2O3S/c1-5-11(2)8-14-12(3)28-21-18(14)20(26)23-19(24-21)15(22)9-13-6-7-16(25)17(10-13)27-4/h6-7,9-11,25H,5,8H2,1-4H3,(H,23,24,26)/b15-9-/t11-/m0/s1. The normalized spacial score (nSPS) is 13.1. The van der Waals surface area contributed by atoms with E-state index in [9.17, 15) is 9.90 Å². The number of aromatic amines is 1. The molecule has 2 N–H and O–H groups in total. The number of nitrogens with one attached hydrogen (secondary N) is 1. The molecule has 7 heteroatoms. The number of aryl methyl sites for hydroxylation is 1. The topological polar surface area (TPSA) is 75.2 Å². The van der Waals surface area contributed by atoms with Crippen LogP contribution in [0, 0.1) is 12.8 Å². The number of rotatable bonds is 6. The van der Waals surface area contributed by atoms with Crippen LogP contribution in [0.25, 0.3) is 21.3 Å². The van der Waals surface area contributed by atoms with Gasteiger partial charge in [-0.05, 0) is 48.6 Å². The molecule has 2 heterocycles. The number of hydrogen-bond donors (Lipinski definition) is 2. The summed E-state index contributed by atoms with van der Waals surface area (Å²) in [6.45, 7) is 6.37. The van der Waals surface area contributed by atoms with E-state index in [0.717, 1.165) is 28.8 Å². The molecule has 3 rings (SSSR count). The molecule has 0 amide bonds. The van der Waals surface area contributed by atoms with E-state index in [1.54, 1.807) is 18.2 Å². The lowest BCUT2D eigenvalue weighted by Gasteiger charge is -2.08. The van der Waals surface area contributed by atoms with Gasteiger partial charge in [0.2, 0.25) is 0 Å². The fraction of sp³-hybridized carbons (Fsp3) is 0.333. The van der Waals surface area contributed by atoms with Gasteiger partial charge in [0.1, 0.15) is 4.83 Å². The zero-order valence-corrected chi connectivity index (χ0v) is 17.9. The first kappa shape index (κ1) is 20.4. The third-order valence-electron chi connectivity index (χ3n) is 4.84. The summed E-state index contributed by atoms with van der Waals surface area (Å²) in [5.41, 5.74) is 1.64. The summed E-state index contributed by atoms with van der Waals surface area (Å²) in [6.07, 6.45) is 3.60. The second-order valence-electron chi connectivity index (χ2n) is 6.87. The monoisotopic (exact) mass is 418 g/mol. The molecular weight excluding hydrogens is 396 g/mol. The van der Waals surface area contributed by atoms with E-state index in [0.29, 0.717) is 32.7 Å². The van der Waals surface area contributed by atoms with Crippen molar-refractivity contribution in [1.29, 1.82) is 0 Å². The van der Waals surface area contributed by atoms with Crippen molar-refractivity contribution < 1.29 is 9.84 Å². The molecule has 0 aliphatic rings. The van der Waals surface area contributed by atoms with Gasteiger partial charge in [-0.1, -0.05) is 37.9 Å². The van der Waals surface area contributed by atoms with Crippen LogP contribution in [0.15, 0.2) is 23.0 Å². The Balaban J connectivity index is 2.03. The number of phenols is 1. The van der Waals surface area contributed by atoms with Crippen molar-refractivity contribution in [2.75, 3.05) is 7.11 Å². The molecule has 0 saturated carbocycles. The maximum Gasteiger partial charge on any atom is 0.260 e. The van der Waals surface area contributed by atoms with Crippen molar-refractivity contribution >= 4 is 44.3 Å². The fourth-order valence-electron chi connectivity index (χ4n) is 3.03. The molecule has 0 fully saturated rings. The number of ether oxygens (including phenoxy) is 1. The Kier molecular flexibility index (Phi) is 6.10. The van der Waals surface area contributed by atoms with E-state index < -0.39 is 0 Å². The second-order valence-corrected chi connectivity index (χ2v) is 8.48. The predicted molar refractivity (Wildman–Crippen MR) is 117 cm³/mol. The van der Waals surface area contributed by atoms with Gasteiger partial charge in [0.15, 0.2) is 17.3 Å². The molecule has 0 radical (unpaired) electrons. The van der Waals surface area contributed by atoms with Crippen LogP contribution >= 0.6 is 22.9 Å². The molecule has 3 aromatic rings. The largest absolute Gasteiger partial charge is 0.504 e. The van der Waals surface area contributed by atoms with E-state index in [4.69, 9.17) is 16.3 Å². The van der Waals surface area contributed by atoms with Crippen LogP contribution in [-0.4, -0.2) is 22.2 Å². The molecule has 148 valence electrons. The molecule has 1 aromatic carbocycles. The number of aromatic nitrogens is 2. The number of thiophene rings is 1. The molecular formula is C21H23ClN2O3S. The SMILES string of the molecule is CC[C@H](C)Cc1c(C)sc2nc(/C(Cl)=C/c3ccc(O)c(OC)c3)[nH]c(=O)c12. The highest BCUT2D eigenvalue weighted by molar-refractivity contribution is 7.18. The van der Waals surface area contributed by atoms with Crippen LogP contribution in [0.5, 0.6) is 11.5 Å². The van der Waals surface area contributed by atoms with Crippen LogP contribution in [-0.2, 0) is 6.42 Å². The summed E-state index contributed by atoms with van der Waals surface area (Å²) in [7, 11) is 1.48. The summed E-state index contributed by atoms with van der Waals surface area (Å²) in [4.78, 5) is 22.0. The van der Waals surface area contributed by atoms with Gasteiger partial charge in [0.25, 0.3) is 5.56 Å². The number of aromatic hydroxyl groups is 1. The van der Waals surface area contributed by atoms with E-state index in [-0.39, 0.29) is 11.3 Å². The molecule has 0 saturated heterocycles. The molecule has 0 aliphatic carbocycles. The molecule has 0 aliphatic heterocycles. The zero-order valence-electron chi connectivity index (χ0n) is 16.3. The van der Waals surface area contributed by atoms with Crippen molar-refractivity contribution in [2.45, 2.75) is 33.6 Å². The van der Waals surface area contributed by atoms with E-state index in [2.05, 4.69) is 23.8 Å². The highest BCUT2D eigenvalue weighted by Crippen LogP contribution is 2.32. The number of methoxy groups -OCH3 is 1. The number of fused-ring (bicyclic) bond motifs is 1. The lowest BCUT2D eigenvalue weighted by molar-refractivity contribution is 0.373. The maximum absolute atomic E-state index is 12.8. The predicted octanol–water partition coefficient (Wildman–Crippen LogP) is 5.33. The molecule has 2 aromatic heterocycles. The van der Waals surface area contributed by atoms with Crippen LogP contribution in [0.2, 0.25) is 0 Å². The Bertz CT molecular complexity index is 1100.